The van der Waals surface area contributed by atoms with Gasteiger partial charge in [-0.2, -0.15) is 0 Å². The zero-order valence-corrected chi connectivity index (χ0v) is 14.0. The molecule has 0 spiro atoms. The van der Waals surface area contributed by atoms with E-state index in [2.05, 4.69) is 4.98 Å². The predicted octanol–water partition coefficient (Wildman–Crippen LogP) is 2.43. The number of hydrogen-bond acceptors (Lipinski definition) is 4. The summed E-state index contributed by atoms with van der Waals surface area (Å²) in [6, 6.07) is 11.2. The van der Waals surface area contributed by atoms with Gasteiger partial charge in [0.1, 0.15) is 17.5 Å². The van der Waals surface area contributed by atoms with Crippen molar-refractivity contribution in [2.24, 2.45) is 0 Å². The number of nitrogens with zero attached hydrogens (tertiary/aromatic N) is 2. The lowest BCUT2D eigenvalue weighted by atomic mass is 9.90. The number of rotatable bonds is 3. The van der Waals surface area contributed by atoms with Crippen LogP contribution in [-0.4, -0.2) is 45.7 Å². The quantitative estimate of drug-likeness (QED) is 0.941. The molecular formula is C19H22N2O3. The molecule has 0 bridgehead atoms. The van der Waals surface area contributed by atoms with Gasteiger partial charge in [-0.25, -0.2) is 0 Å². The summed E-state index contributed by atoms with van der Waals surface area (Å²) in [7, 11) is 0. The number of amides is 1. The molecule has 2 heterocycles. The fourth-order valence-electron chi connectivity index (χ4n) is 2.88. The van der Waals surface area contributed by atoms with E-state index in [9.17, 15) is 9.90 Å². The van der Waals surface area contributed by atoms with Gasteiger partial charge in [-0.05, 0) is 44.0 Å². The average molecular weight is 326 g/mol. The lowest BCUT2D eigenvalue weighted by molar-refractivity contribution is -0.0881. The molecule has 1 aromatic carbocycles. The molecule has 0 radical (unpaired) electrons. The van der Waals surface area contributed by atoms with Crippen molar-refractivity contribution in [3.63, 3.8) is 0 Å². The largest absolute Gasteiger partial charge is 0.486 e. The van der Waals surface area contributed by atoms with E-state index in [-0.39, 0.29) is 5.91 Å². The molecule has 1 saturated heterocycles. The van der Waals surface area contributed by atoms with Gasteiger partial charge >= 0.3 is 0 Å². The number of aryl methyl sites for hydroxylation is 1. The Kier molecular flexibility index (Phi) is 4.53. The maximum absolute atomic E-state index is 12.7. The van der Waals surface area contributed by atoms with Gasteiger partial charge in [0.15, 0.2) is 0 Å². The number of ether oxygens (including phenoxy) is 1. The summed E-state index contributed by atoms with van der Waals surface area (Å²) in [5, 5.41) is 10.6. The van der Waals surface area contributed by atoms with E-state index >= 15 is 0 Å². The highest BCUT2D eigenvalue weighted by Crippen LogP contribution is 2.27. The lowest BCUT2D eigenvalue weighted by Crippen LogP contribution is -2.57. The van der Waals surface area contributed by atoms with Crippen molar-refractivity contribution >= 4 is 5.91 Å². The first-order valence-electron chi connectivity index (χ1n) is 8.11. The van der Waals surface area contributed by atoms with E-state index in [4.69, 9.17) is 4.74 Å². The maximum Gasteiger partial charge on any atom is 0.255 e. The van der Waals surface area contributed by atoms with Crippen LogP contribution in [0.4, 0.5) is 0 Å². The normalized spacial score (nSPS) is 23.8. The summed E-state index contributed by atoms with van der Waals surface area (Å²) in [5.74, 6) is 0.609. The average Bonchev–Trinajstić information content (AvgIpc) is 2.57. The van der Waals surface area contributed by atoms with Gasteiger partial charge < -0.3 is 14.7 Å². The molecule has 1 aliphatic heterocycles. The Morgan fingerprint density at radius 3 is 2.79 bits per heavy atom. The van der Waals surface area contributed by atoms with Crippen LogP contribution in [0.15, 0.2) is 48.8 Å². The third kappa shape index (κ3) is 3.57. The molecule has 1 N–H and O–H groups in total. The molecule has 3 rings (SSSR count). The second kappa shape index (κ2) is 6.61. The van der Waals surface area contributed by atoms with Crippen molar-refractivity contribution in [1.82, 2.24) is 9.88 Å². The summed E-state index contributed by atoms with van der Waals surface area (Å²) in [6.07, 6.45) is 3.29. The molecule has 0 aliphatic carbocycles. The van der Waals surface area contributed by atoms with Crippen molar-refractivity contribution in [2.75, 3.05) is 13.1 Å². The first kappa shape index (κ1) is 16.5. The SMILES string of the molecule is Cc1cncc(C(=O)N2CC[C@@](C)(O)[C@H](Oc3ccccc3)C2)c1. The fourth-order valence-corrected chi connectivity index (χ4v) is 2.88. The first-order valence-corrected chi connectivity index (χ1v) is 8.11. The summed E-state index contributed by atoms with van der Waals surface area (Å²) in [6.45, 7) is 4.51. The molecule has 5 heteroatoms. The number of aromatic nitrogens is 1. The van der Waals surface area contributed by atoms with E-state index in [1.54, 1.807) is 24.2 Å². The van der Waals surface area contributed by atoms with Gasteiger partial charge in [0.05, 0.1) is 12.1 Å². The number of hydrogen-bond donors (Lipinski definition) is 1. The van der Waals surface area contributed by atoms with E-state index in [0.29, 0.717) is 30.8 Å². The topological polar surface area (TPSA) is 62.7 Å². The van der Waals surface area contributed by atoms with Gasteiger partial charge in [-0.15, -0.1) is 0 Å². The van der Waals surface area contributed by atoms with Crippen LogP contribution in [0, 0.1) is 6.92 Å². The van der Waals surface area contributed by atoms with Gasteiger partial charge in [0.25, 0.3) is 5.91 Å². The standard InChI is InChI=1S/C19H22N2O3/c1-14-10-15(12-20-11-14)18(22)21-9-8-19(2,23)17(13-21)24-16-6-4-3-5-7-16/h3-7,10-12,17,23H,8-9,13H2,1-2H3/t17-,19-/m1/s1. The number of likely N-dealkylation sites (tertiary alicyclic amines) is 1. The van der Waals surface area contributed by atoms with Crippen molar-refractivity contribution < 1.29 is 14.6 Å². The van der Waals surface area contributed by atoms with Crippen LogP contribution in [0.25, 0.3) is 0 Å². The molecule has 2 aromatic rings. The maximum atomic E-state index is 12.7. The minimum absolute atomic E-state index is 0.0802. The number of piperidine rings is 1. The lowest BCUT2D eigenvalue weighted by Gasteiger charge is -2.42. The summed E-state index contributed by atoms with van der Waals surface area (Å²) >= 11 is 0. The molecule has 1 amide bonds. The molecule has 1 aliphatic rings. The van der Waals surface area contributed by atoms with E-state index < -0.39 is 11.7 Å². The third-order valence-electron chi connectivity index (χ3n) is 4.40. The number of benzene rings is 1. The summed E-state index contributed by atoms with van der Waals surface area (Å²) in [5.41, 5.74) is 0.536. The Bertz CT molecular complexity index is 716. The molecule has 126 valence electrons. The van der Waals surface area contributed by atoms with Gasteiger partial charge in [0.2, 0.25) is 0 Å². The van der Waals surface area contributed by atoms with Crippen LogP contribution in [0.2, 0.25) is 0 Å². The Hall–Kier alpha value is -2.40. The van der Waals surface area contributed by atoms with Gasteiger partial charge in [-0.3, -0.25) is 9.78 Å². The molecular weight excluding hydrogens is 304 g/mol. The fraction of sp³-hybridized carbons (Fsp3) is 0.368. The smallest absolute Gasteiger partial charge is 0.255 e. The number of carbonyl (C=O) groups is 1. The molecule has 1 fully saturated rings. The first-order chi connectivity index (χ1) is 11.5. The molecule has 2 atom stereocenters. The van der Waals surface area contributed by atoms with Gasteiger partial charge in [-0.1, -0.05) is 18.2 Å². The zero-order valence-electron chi connectivity index (χ0n) is 14.0. The highest BCUT2D eigenvalue weighted by molar-refractivity contribution is 5.94. The minimum Gasteiger partial charge on any atom is -0.486 e. The van der Waals surface area contributed by atoms with Crippen LogP contribution in [0.3, 0.4) is 0 Å². The Morgan fingerprint density at radius 2 is 2.08 bits per heavy atom. The monoisotopic (exact) mass is 326 g/mol. The molecule has 24 heavy (non-hydrogen) atoms. The Labute approximate surface area is 141 Å². The Morgan fingerprint density at radius 1 is 1.33 bits per heavy atom. The third-order valence-corrected chi connectivity index (χ3v) is 4.40. The van der Waals surface area contributed by atoms with E-state index in [0.717, 1.165) is 5.56 Å². The second-order valence-electron chi connectivity index (χ2n) is 6.53. The second-order valence-corrected chi connectivity index (χ2v) is 6.53. The summed E-state index contributed by atoms with van der Waals surface area (Å²) in [4.78, 5) is 18.5. The number of aliphatic hydroxyl groups is 1. The zero-order chi connectivity index (χ0) is 17.2. The van der Waals surface area contributed by atoms with Crippen LogP contribution >= 0.6 is 0 Å². The molecule has 1 aromatic heterocycles. The minimum atomic E-state index is -0.975. The van der Waals surface area contributed by atoms with Crippen molar-refractivity contribution in [1.29, 1.82) is 0 Å². The predicted molar refractivity (Wildman–Crippen MR) is 91.0 cm³/mol. The number of carbonyl (C=O) groups excluding carboxylic acids is 1. The molecule has 0 unspecified atom stereocenters. The molecule has 0 saturated carbocycles. The van der Waals surface area contributed by atoms with Crippen molar-refractivity contribution in [3.05, 3.63) is 59.9 Å². The highest BCUT2D eigenvalue weighted by Gasteiger charge is 2.41. The van der Waals surface area contributed by atoms with Crippen molar-refractivity contribution in [3.8, 4) is 5.75 Å². The van der Waals surface area contributed by atoms with Gasteiger partial charge in [0, 0.05) is 18.9 Å². The number of para-hydroxylation sites is 1. The van der Waals surface area contributed by atoms with E-state index in [1.165, 1.54) is 0 Å². The van der Waals surface area contributed by atoms with Crippen LogP contribution < -0.4 is 4.74 Å². The number of pyridine rings is 1. The van der Waals surface area contributed by atoms with Crippen LogP contribution in [-0.2, 0) is 0 Å². The Balaban J connectivity index is 1.76. The van der Waals surface area contributed by atoms with Crippen LogP contribution in [0.1, 0.15) is 29.3 Å². The molecule has 5 nitrogen and oxygen atoms in total. The van der Waals surface area contributed by atoms with Crippen LogP contribution in [0.5, 0.6) is 5.75 Å². The van der Waals surface area contributed by atoms with E-state index in [1.807, 2.05) is 43.3 Å². The summed E-state index contributed by atoms with van der Waals surface area (Å²) < 4.78 is 5.95. The van der Waals surface area contributed by atoms with Crippen molar-refractivity contribution in [2.45, 2.75) is 32.0 Å². The highest BCUT2D eigenvalue weighted by atomic mass is 16.5.